The van der Waals surface area contributed by atoms with E-state index < -0.39 is 11.9 Å². The first kappa shape index (κ1) is 13.0. The lowest BCUT2D eigenvalue weighted by molar-refractivity contribution is -0.139. The molecular formula is C12H15ClO3. The molecule has 0 saturated heterocycles. The molecule has 0 fully saturated rings. The summed E-state index contributed by atoms with van der Waals surface area (Å²) in [6, 6.07) is 6.89. The van der Waals surface area contributed by atoms with E-state index >= 15 is 0 Å². The minimum atomic E-state index is -0.831. The average molecular weight is 243 g/mol. The Labute approximate surface area is 100.0 Å². The fraction of sp³-hybridized carbons (Fsp3) is 0.417. The van der Waals surface area contributed by atoms with Gasteiger partial charge in [0.2, 0.25) is 0 Å². The summed E-state index contributed by atoms with van der Waals surface area (Å²) >= 11 is 5.75. The van der Waals surface area contributed by atoms with Gasteiger partial charge in [-0.3, -0.25) is 4.79 Å². The minimum Gasteiger partial charge on any atom is -0.481 e. The van der Waals surface area contributed by atoms with Gasteiger partial charge in [-0.15, -0.1) is 0 Å². The predicted octanol–water partition coefficient (Wildman–Crippen LogP) is 2.93. The van der Waals surface area contributed by atoms with Gasteiger partial charge < -0.3 is 9.84 Å². The molecule has 1 unspecified atom stereocenters. The summed E-state index contributed by atoms with van der Waals surface area (Å²) in [5, 5.41) is 9.72. The highest BCUT2D eigenvalue weighted by atomic mass is 35.5. The molecule has 0 heterocycles. The molecule has 0 radical (unpaired) electrons. The topological polar surface area (TPSA) is 46.5 Å². The van der Waals surface area contributed by atoms with Crippen molar-refractivity contribution in [3.63, 3.8) is 0 Å². The van der Waals surface area contributed by atoms with Gasteiger partial charge in [0.25, 0.3) is 0 Å². The van der Waals surface area contributed by atoms with Crippen molar-refractivity contribution in [3.8, 4) is 0 Å². The maximum Gasteiger partial charge on any atom is 0.311 e. The largest absolute Gasteiger partial charge is 0.481 e. The number of rotatable bonds is 6. The van der Waals surface area contributed by atoms with Gasteiger partial charge in [0, 0.05) is 18.2 Å². The Balaban J connectivity index is 2.69. The predicted molar refractivity (Wildman–Crippen MR) is 62.9 cm³/mol. The van der Waals surface area contributed by atoms with Crippen molar-refractivity contribution in [3.05, 3.63) is 34.9 Å². The van der Waals surface area contributed by atoms with E-state index in [2.05, 4.69) is 0 Å². The third kappa shape index (κ3) is 3.83. The second-order valence-electron chi connectivity index (χ2n) is 3.43. The van der Waals surface area contributed by atoms with E-state index in [4.69, 9.17) is 21.4 Å². The molecule has 1 aromatic carbocycles. The summed E-state index contributed by atoms with van der Waals surface area (Å²) in [7, 11) is 0. The Morgan fingerprint density at radius 2 is 2.06 bits per heavy atom. The molecule has 0 aliphatic heterocycles. The maximum absolute atomic E-state index is 11.1. The Bertz CT molecular complexity index is 335. The van der Waals surface area contributed by atoms with Crippen LogP contribution in [-0.2, 0) is 9.53 Å². The average Bonchev–Trinajstić information content (AvgIpc) is 2.26. The summed E-state index contributed by atoms with van der Waals surface area (Å²) in [6.45, 7) is 2.95. The number of ether oxygens (including phenoxy) is 1. The molecule has 1 rings (SSSR count). The smallest absolute Gasteiger partial charge is 0.311 e. The number of carboxylic acids is 1. The first-order chi connectivity index (χ1) is 7.65. The van der Waals surface area contributed by atoms with Crippen LogP contribution in [-0.4, -0.2) is 24.3 Å². The lowest BCUT2D eigenvalue weighted by atomic mass is 9.96. The number of carbonyl (C=O) groups is 1. The first-order valence-electron chi connectivity index (χ1n) is 5.21. The summed E-state index contributed by atoms with van der Waals surface area (Å²) in [5.74, 6) is -1.36. The lowest BCUT2D eigenvalue weighted by Crippen LogP contribution is -2.14. The number of carboxylic acid groups (broad SMARTS) is 1. The normalized spacial score (nSPS) is 12.4. The maximum atomic E-state index is 11.1. The molecule has 16 heavy (non-hydrogen) atoms. The summed E-state index contributed by atoms with van der Waals surface area (Å²) in [4.78, 5) is 11.1. The number of hydrogen-bond acceptors (Lipinski definition) is 2. The van der Waals surface area contributed by atoms with Crippen LogP contribution in [0.5, 0.6) is 0 Å². The molecule has 0 aliphatic carbocycles. The Morgan fingerprint density at radius 3 is 2.56 bits per heavy atom. The zero-order valence-electron chi connectivity index (χ0n) is 9.15. The highest BCUT2D eigenvalue weighted by molar-refractivity contribution is 6.30. The van der Waals surface area contributed by atoms with Gasteiger partial charge in [-0.25, -0.2) is 0 Å². The van der Waals surface area contributed by atoms with Gasteiger partial charge in [0.05, 0.1) is 5.92 Å². The van der Waals surface area contributed by atoms with Crippen LogP contribution in [0.1, 0.15) is 24.8 Å². The SMILES string of the molecule is CCOCCC(C(=O)O)c1ccc(Cl)cc1. The zero-order valence-corrected chi connectivity index (χ0v) is 9.91. The molecule has 0 bridgehead atoms. The van der Waals surface area contributed by atoms with Gasteiger partial charge in [-0.05, 0) is 31.0 Å². The van der Waals surface area contributed by atoms with E-state index in [1.54, 1.807) is 24.3 Å². The third-order valence-corrected chi connectivity index (χ3v) is 2.58. The van der Waals surface area contributed by atoms with Gasteiger partial charge in [-0.2, -0.15) is 0 Å². The van der Waals surface area contributed by atoms with Crippen molar-refractivity contribution in [1.82, 2.24) is 0 Å². The number of halogens is 1. The molecule has 1 aromatic rings. The van der Waals surface area contributed by atoms with E-state index in [9.17, 15) is 4.79 Å². The molecule has 0 aromatic heterocycles. The molecule has 4 heteroatoms. The molecule has 1 N–H and O–H groups in total. The fourth-order valence-corrected chi connectivity index (χ4v) is 1.60. The van der Waals surface area contributed by atoms with E-state index in [1.807, 2.05) is 6.92 Å². The molecule has 0 aliphatic rings. The van der Waals surface area contributed by atoms with Gasteiger partial charge in [0.1, 0.15) is 0 Å². The van der Waals surface area contributed by atoms with Crippen molar-refractivity contribution in [1.29, 1.82) is 0 Å². The van der Waals surface area contributed by atoms with Crippen molar-refractivity contribution < 1.29 is 14.6 Å². The monoisotopic (exact) mass is 242 g/mol. The van der Waals surface area contributed by atoms with Crippen LogP contribution < -0.4 is 0 Å². The number of hydrogen-bond donors (Lipinski definition) is 1. The Morgan fingerprint density at radius 1 is 1.44 bits per heavy atom. The Kier molecular flexibility index (Phi) is 5.29. The van der Waals surface area contributed by atoms with Gasteiger partial charge >= 0.3 is 5.97 Å². The van der Waals surface area contributed by atoms with E-state index in [-0.39, 0.29) is 0 Å². The second-order valence-corrected chi connectivity index (χ2v) is 3.86. The van der Waals surface area contributed by atoms with Crippen molar-refractivity contribution >= 4 is 17.6 Å². The highest BCUT2D eigenvalue weighted by Gasteiger charge is 2.19. The third-order valence-electron chi connectivity index (χ3n) is 2.33. The molecule has 0 saturated carbocycles. The first-order valence-corrected chi connectivity index (χ1v) is 5.59. The lowest BCUT2D eigenvalue weighted by Gasteiger charge is -2.12. The zero-order chi connectivity index (χ0) is 12.0. The number of benzene rings is 1. The molecular weight excluding hydrogens is 228 g/mol. The van der Waals surface area contributed by atoms with Gasteiger partial charge in [-0.1, -0.05) is 23.7 Å². The van der Waals surface area contributed by atoms with Crippen molar-refractivity contribution in [2.75, 3.05) is 13.2 Å². The van der Waals surface area contributed by atoms with Crippen molar-refractivity contribution in [2.45, 2.75) is 19.3 Å². The summed E-state index contributed by atoms with van der Waals surface area (Å²) in [6.07, 6.45) is 0.477. The van der Waals surface area contributed by atoms with Crippen LogP contribution in [0.3, 0.4) is 0 Å². The molecule has 1 atom stereocenters. The summed E-state index contributed by atoms with van der Waals surface area (Å²) < 4.78 is 5.17. The van der Waals surface area contributed by atoms with Crippen LogP contribution in [0.15, 0.2) is 24.3 Å². The second kappa shape index (κ2) is 6.51. The van der Waals surface area contributed by atoms with Crippen LogP contribution >= 0.6 is 11.6 Å². The standard InChI is InChI=1S/C12H15ClO3/c1-2-16-8-7-11(12(14)15)9-3-5-10(13)6-4-9/h3-6,11H,2,7-8H2,1H3,(H,14,15). The van der Waals surface area contributed by atoms with Crippen LogP contribution in [0, 0.1) is 0 Å². The highest BCUT2D eigenvalue weighted by Crippen LogP contribution is 2.22. The van der Waals surface area contributed by atoms with E-state index in [0.717, 1.165) is 5.56 Å². The fourth-order valence-electron chi connectivity index (χ4n) is 1.47. The van der Waals surface area contributed by atoms with Crippen LogP contribution in [0.4, 0.5) is 0 Å². The molecule has 3 nitrogen and oxygen atoms in total. The molecule has 88 valence electrons. The van der Waals surface area contributed by atoms with Crippen molar-refractivity contribution in [2.24, 2.45) is 0 Å². The van der Waals surface area contributed by atoms with Crippen LogP contribution in [0.2, 0.25) is 5.02 Å². The van der Waals surface area contributed by atoms with Gasteiger partial charge in [0.15, 0.2) is 0 Å². The van der Waals surface area contributed by atoms with Crippen LogP contribution in [0.25, 0.3) is 0 Å². The minimum absolute atomic E-state index is 0.454. The van der Waals surface area contributed by atoms with E-state index in [0.29, 0.717) is 24.7 Å². The molecule has 0 amide bonds. The quantitative estimate of drug-likeness (QED) is 0.781. The number of aliphatic carboxylic acids is 1. The van der Waals surface area contributed by atoms with E-state index in [1.165, 1.54) is 0 Å². The molecule has 0 spiro atoms. The Hall–Kier alpha value is -1.06. The summed E-state index contributed by atoms with van der Waals surface area (Å²) in [5.41, 5.74) is 0.761.